The van der Waals surface area contributed by atoms with Gasteiger partial charge in [-0.15, -0.1) is 0 Å². The molecule has 0 N–H and O–H groups in total. The second kappa shape index (κ2) is 13.9. The van der Waals surface area contributed by atoms with Crippen molar-refractivity contribution in [2.75, 3.05) is 0 Å². The van der Waals surface area contributed by atoms with Crippen LogP contribution in [0.2, 0.25) is 5.02 Å². The Bertz CT molecular complexity index is 980. The fraction of sp³-hybridized carbons (Fsp3) is 0.367. The summed E-state index contributed by atoms with van der Waals surface area (Å²) in [5.74, 6) is 0.210. The Morgan fingerprint density at radius 3 is 2.12 bits per heavy atom. The molecule has 33 heavy (non-hydrogen) atoms. The number of rotatable bonds is 13. The average Bonchev–Trinajstić information content (AvgIpc) is 2.83. The first-order valence-electron chi connectivity index (χ1n) is 12.3. The van der Waals surface area contributed by atoms with E-state index in [-0.39, 0.29) is 5.97 Å². The first kappa shape index (κ1) is 25.1. The van der Waals surface area contributed by atoms with Gasteiger partial charge in [-0.3, -0.25) is 0 Å². The number of hydrogen-bond donors (Lipinski definition) is 0. The Morgan fingerprint density at radius 1 is 0.758 bits per heavy atom. The van der Waals surface area contributed by atoms with E-state index in [0.717, 1.165) is 17.5 Å². The zero-order chi connectivity index (χ0) is 23.3. The van der Waals surface area contributed by atoms with E-state index in [0.29, 0.717) is 22.8 Å². The maximum absolute atomic E-state index is 12.8. The van der Waals surface area contributed by atoms with Crippen LogP contribution in [0, 0.1) is 0 Å². The van der Waals surface area contributed by atoms with Crippen LogP contribution in [0.3, 0.4) is 0 Å². The van der Waals surface area contributed by atoms with Crippen molar-refractivity contribution >= 4 is 17.6 Å². The number of ether oxygens (including phenoxy) is 1. The molecule has 0 aliphatic rings. The quantitative estimate of drug-likeness (QED) is 0.144. The third-order valence-electron chi connectivity index (χ3n) is 5.97. The number of halogens is 1. The first-order chi connectivity index (χ1) is 16.2. The van der Waals surface area contributed by atoms with Crippen molar-refractivity contribution in [3.8, 4) is 5.75 Å². The van der Waals surface area contributed by atoms with Crippen LogP contribution in [0.4, 0.5) is 0 Å². The molecule has 174 valence electrons. The SMILES string of the molecule is CCCCCCCCCCc1ccc(C(=O)Oc2ccc(Cl)cc2Cc2ccccc2)cc1. The van der Waals surface area contributed by atoms with Crippen LogP contribution in [0.1, 0.15) is 85.3 Å². The number of carbonyl (C=O) groups excluding carboxylic acids is 1. The molecule has 0 heterocycles. The van der Waals surface area contributed by atoms with Crippen LogP contribution in [0.15, 0.2) is 72.8 Å². The van der Waals surface area contributed by atoms with Gasteiger partial charge in [0.1, 0.15) is 5.75 Å². The fourth-order valence-electron chi connectivity index (χ4n) is 4.03. The monoisotopic (exact) mass is 462 g/mol. The van der Waals surface area contributed by atoms with Gasteiger partial charge in [0.05, 0.1) is 5.56 Å². The van der Waals surface area contributed by atoms with Crippen LogP contribution in [-0.2, 0) is 12.8 Å². The van der Waals surface area contributed by atoms with Gasteiger partial charge < -0.3 is 4.74 Å². The summed E-state index contributed by atoms with van der Waals surface area (Å²) in [6, 6.07) is 23.3. The molecule has 0 saturated heterocycles. The number of unbranched alkanes of at least 4 members (excludes halogenated alkanes) is 7. The molecule has 3 aromatic rings. The van der Waals surface area contributed by atoms with E-state index >= 15 is 0 Å². The molecule has 3 rings (SSSR count). The number of hydrogen-bond acceptors (Lipinski definition) is 2. The average molecular weight is 463 g/mol. The van der Waals surface area contributed by atoms with E-state index < -0.39 is 0 Å². The molecule has 0 aromatic heterocycles. The van der Waals surface area contributed by atoms with Crippen molar-refractivity contribution in [1.29, 1.82) is 0 Å². The maximum atomic E-state index is 12.8. The Kier molecular flexibility index (Phi) is 10.5. The highest BCUT2D eigenvalue weighted by Crippen LogP contribution is 2.26. The van der Waals surface area contributed by atoms with E-state index in [4.69, 9.17) is 16.3 Å². The molecule has 0 amide bonds. The van der Waals surface area contributed by atoms with Gasteiger partial charge in [-0.1, -0.05) is 106 Å². The van der Waals surface area contributed by atoms with Crippen LogP contribution >= 0.6 is 11.6 Å². The number of benzene rings is 3. The van der Waals surface area contributed by atoms with Crippen LogP contribution in [0.25, 0.3) is 0 Å². The van der Waals surface area contributed by atoms with E-state index in [9.17, 15) is 4.79 Å². The molecule has 0 saturated carbocycles. The van der Waals surface area contributed by atoms with Crippen molar-refractivity contribution < 1.29 is 9.53 Å². The summed E-state index contributed by atoms with van der Waals surface area (Å²) in [5, 5.41) is 0.631. The van der Waals surface area contributed by atoms with Crippen molar-refractivity contribution in [2.45, 2.75) is 71.1 Å². The number of esters is 1. The summed E-state index contributed by atoms with van der Waals surface area (Å²) in [5.41, 5.74) is 3.87. The van der Waals surface area contributed by atoms with E-state index in [1.54, 1.807) is 12.1 Å². The fourth-order valence-corrected chi connectivity index (χ4v) is 4.23. The van der Waals surface area contributed by atoms with Gasteiger partial charge in [-0.05, 0) is 54.3 Å². The Labute approximate surface area is 204 Å². The normalized spacial score (nSPS) is 10.8. The third-order valence-corrected chi connectivity index (χ3v) is 6.21. The lowest BCUT2D eigenvalue weighted by Gasteiger charge is -2.11. The van der Waals surface area contributed by atoms with Gasteiger partial charge in [-0.25, -0.2) is 4.79 Å². The van der Waals surface area contributed by atoms with Crippen molar-refractivity contribution in [3.05, 3.63) is 100 Å². The maximum Gasteiger partial charge on any atom is 0.343 e. The van der Waals surface area contributed by atoms with Crippen molar-refractivity contribution in [1.82, 2.24) is 0 Å². The van der Waals surface area contributed by atoms with E-state index in [2.05, 4.69) is 19.1 Å². The summed E-state index contributed by atoms with van der Waals surface area (Å²) in [4.78, 5) is 12.8. The Hall–Kier alpha value is -2.58. The van der Waals surface area contributed by atoms with E-state index in [1.165, 1.54) is 56.9 Å². The molecule has 0 spiro atoms. The largest absolute Gasteiger partial charge is 0.423 e. The Morgan fingerprint density at radius 2 is 1.42 bits per heavy atom. The zero-order valence-corrected chi connectivity index (χ0v) is 20.4. The zero-order valence-electron chi connectivity index (χ0n) is 19.7. The van der Waals surface area contributed by atoms with Crippen LogP contribution in [0.5, 0.6) is 5.75 Å². The van der Waals surface area contributed by atoms with Gasteiger partial charge in [0.15, 0.2) is 0 Å². The predicted octanol–water partition coefficient (Wildman–Crippen LogP) is 8.83. The topological polar surface area (TPSA) is 26.3 Å². The van der Waals surface area contributed by atoms with Gasteiger partial charge in [0, 0.05) is 17.0 Å². The summed E-state index contributed by atoms with van der Waals surface area (Å²) in [7, 11) is 0. The van der Waals surface area contributed by atoms with Crippen LogP contribution in [-0.4, -0.2) is 5.97 Å². The van der Waals surface area contributed by atoms with Crippen molar-refractivity contribution in [2.24, 2.45) is 0 Å². The molecule has 0 bridgehead atoms. The standard InChI is InChI=1S/C30H35ClO2/c1-2-3-4-5-6-7-8-10-13-24-16-18-26(19-17-24)30(32)33-29-21-20-28(31)23-27(29)22-25-14-11-9-12-15-25/h9,11-12,14-21,23H,2-8,10,13,22H2,1H3. The highest BCUT2D eigenvalue weighted by Gasteiger charge is 2.13. The molecule has 3 aromatic carbocycles. The second-order valence-electron chi connectivity index (χ2n) is 8.73. The minimum Gasteiger partial charge on any atom is -0.423 e. The second-order valence-corrected chi connectivity index (χ2v) is 9.16. The molecular weight excluding hydrogens is 428 g/mol. The molecule has 0 atom stereocenters. The molecule has 2 nitrogen and oxygen atoms in total. The number of carbonyl (C=O) groups is 1. The number of aryl methyl sites for hydroxylation is 1. The summed E-state index contributed by atoms with van der Waals surface area (Å²) in [6.45, 7) is 2.26. The lowest BCUT2D eigenvalue weighted by molar-refractivity contribution is 0.0733. The summed E-state index contributed by atoms with van der Waals surface area (Å²) >= 11 is 6.20. The van der Waals surface area contributed by atoms with E-state index in [1.807, 2.05) is 48.5 Å². The minimum atomic E-state index is -0.342. The lowest BCUT2D eigenvalue weighted by atomic mass is 10.0. The van der Waals surface area contributed by atoms with Crippen LogP contribution < -0.4 is 4.74 Å². The van der Waals surface area contributed by atoms with Gasteiger partial charge in [-0.2, -0.15) is 0 Å². The molecule has 0 unspecified atom stereocenters. The van der Waals surface area contributed by atoms with Gasteiger partial charge in [0.2, 0.25) is 0 Å². The first-order valence-corrected chi connectivity index (χ1v) is 12.7. The van der Waals surface area contributed by atoms with Gasteiger partial charge in [0.25, 0.3) is 0 Å². The molecule has 3 heteroatoms. The summed E-state index contributed by atoms with van der Waals surface area (Å²) < 4.78 is 5.75. The molecular formula is C30H35ClO2. The highest BCUT2D eigenvalue weighted by atomic mass is 35.5. The van der Waals surface area contributed by atoms with Crippen molar-refractivity contribution in [3.63, 3.8) is 0 Å². The smallest absolute Gasteiger partial charge is 0.343 e. The highest BCUT2D eigenvalue weighted by molar-refractivity contribution is 6.30. The lowest BCUT2D eigenvalue weighted by Crippen LogP contribution is -2.10. The van der Waals surface area contributed by atoms with Gasteiger partial charge >= 0.3 is 5.97 Å². The Balaban J connectivity index is 1.50. The summed E-state index contributed by atoms with van der Waals surface area (Å²) in [6.07, 6.45) is 12.3. The minimum absolute atomic E-state index is 0.342. The molecule has 0 aliphatic heterocycles. The molecule has 0 fully saturated rings. The molecule has 0 aliphatic carbocycles. The third kappa shape index (κ3) is 8.70. The predicted molar refractivity (Wildman–Crippen MR) is 138 cm³/mol. The molecule has 0 radical (unpaired) electrons.